The quantitative estimate of drug-likeness (QED) is 0.813. The number of rotatable bonds is 6. The summed E-state index contributed by atoms with van der Waals surface area (Å²) in [4.78, 5) is 14.4. The van der Waals surface area contributed by atoms with Crippen molar-refractivity contribution in [2.75, 3.05) is 26.2 Å². The third-order valence-corrected chi connectivity index (χ3v) is 3.71. The molecule has 1 aromatic rings. The van der Waals surface area contributed by atoms with Crippen molar-refractivity contribution in [2.24, 2.45) is 0 Å². The first-order chi connectivity index (χ1) is 9.24. The summed E-state index contributed by atoms with van der Waals surface area (Å²) < 4.78 is 0. The molecular formula is C15H23N3O. The fourth-order valence-electron chi connectivity index (χ4n) is 2.41. The second-order valence-corrected chi connectivity index (χ2v) is 4.87. The topological polar surface area (TPSA) is 44.4 Å². The van der Waals surface area contributed by atoms with Gasteiger partial charge in [-0.2, -0.15) is 0 Å². The molecule has 0 saturated heterocycles. The molecule has 1 amide bonds. The van der Waals surface area contributed by atoms with E-state index in [2.05, 4.69) is 35.4 Å². The summed E-state index contributed by atoms with van der Waals surface area (Å²) in [5, 5.41) is 6.28. The zero-order valence-electron chi connectivity index (χ0n) is 11.8. The molecule has 2 rings (SSSR count). The Morgan fingerprint density at radius 3 is 2.74 bits per heavy atom. The number of fused-ring (bicyclic) bond motifs is 1. The van der Waals surface area contributed by atoms with Crippen LogP contribution in [0, 0.1) is 0 Å². The largest absolute Gasteiger partial charge is 0.351 e. The molecule has 104 valence electrons. The van der Waals surface area contributed by atoms with Crippen LogP contribution in [0.4, 0.5) is 0 Å². The first-order valence-electron chi connectivity index (χ1n) is 7.07. The van der Waals surface area contributed by atoms with Crippen LogP contribution < -0.4 is 10.6 Å². The van der Waals surface area contributed by atoms with Crippen molar-refractivity contribution in [3.63, 3.8) is 0 Å². The Morgan fingerprint density at radius 1 is 1.26 bits per heavy atom. The van der Waals surface area contributed by atoms with Crippen LogP contribution in [0.5, 0.6) is 0 Å². The molecule has 0 aromatic heterocycles. The molecular weight excluding hydrogens is 238 g/mol. The highest BCUT2D eigenvalue weighted by atomic mass is 16.1. The number of carbonyl (C=O) groups excluding carboxylic acids is 1. The van der Waals surface area contributed by atoms with Crippen molar-refractivity contribution in [3.05, 3.63) is 34.9 Å². The van der Waals surface area contributed by atoms with Gasteiger partial charge in [-0.3, -0.25) is 4.79 Å². The second kappa shape index (κ2) is 6.68. The van der Waals surface area contributed by atoms with E-state index in [1.165, 1.54) is 11.1 Å². The van der Waals surface area contributed by atoms with E-state index in [1.807, 2.05) is 12.1 Å². The molecule has 0 radical (unpaired) electrons. The highest BCUT2D eigenvalue weighted by molar-refractivity contribution is 5.94. The fourth-order valence-corrected chi connectivity index (χ4v) is 2.41. The van der Waals surface area contributed by atoms with Crippen molar-refractivity contribution in [1.29, 1.82) is 0 Å². The van der Waals surface area contributed by atoms with E-state index in [0.717, 1.165) is 38.3 Å². The maximum atomic E-state index is 12.1. The molecule has 0 fully saturated rings. The smallest absolute Gasteiger partial charge is 0.251 e. The van der Waals surface area contributed by atoms with Gasteiger partial charge in [0.05, 0.1) is 0 Å². The predicted molar refractivity (Wildman–Crippen MR) is 77.1 cm³/mol. The van der Waals surface area contributed by atoms with Gasteiger partial charge in [-0.05, 0) is 36.3 Å². The van der Waals surface area contributed by atoms with Crippen molar-refractivity contribution in [3.8, 4) is 0 Å². The third-order valence-electron chi connectivity index (χ3n) is 3.71. The standard InChI is InChI=1S/C15H23N3O/c1-3-18(4-2)8-7-17-15(19)12-5-6-13-10-16-11-14(13)9-12/h5-6,9,16H,3-4,7-8,10-11H2,1-2H3,(H,17,19). The summed E-state index contributed by atoms with van der Waals surface area (Å²) in [6, 6.07) is 5.97. The molecule has 2 N–H and O–H groups in total. The summed E-state index contributed by atoms with van der Waals surface area (Å²) in [6.07, 6.45) is 0. The van der Waals surface area contributed by atoms with Crippen LogP contribution >= 0.6 is 0 Å². The number of nitrogens with zero attached hydrogens (tertiary/aromatic N) is 1. The molecule has 0 saturated carbocycles. The fraction of sp³-hybridized carbons (Fsp3) is 0.533. The van der Waals surface area contributed by atoms with E-state index in [1.54, 1.807) is 0 Å². The van der Waals surface area contributed by atoms with Crippen LogP contribution in [0.1, 0.15) is 35.3 Å². The zero-order valence-corrected chi connectivity index (χ0v) is 11.8. The number of hydrogen-bond acceptors (Lipinski definition) is 3. The summed E-state index contributed by atoms with van der Waals surface area (Å²) in [6.45, 7) is 9.72. The Balaban J connectivity index is 1.86. The molecule has 1 heterocycles. The minimum absolute atomic E-state index is 0.0295. The summed E-state index contributed by atoms with van der Waals surface area (Å²) >= 11 is 0. The number of carbonyl (C=O) groups is 1. The molecule has 19 heavy (non-hydrogen) atoms. The molecule has 1 aromatic carbocycles. The van der Waals surface area contributed by atoms with Crippen LogP contribution in [0.25, 0.3) is 0 Å². The molecule has 4 nitrogen and oxygen atoms in total. The van der Waals surface area contributed by atoms with Crippen molar-refractivity contribution < 1.29 is 4.79 Å². The van der Waals surface area contributed by atoms with Gasteiger partial charge < -0.3 is 15.5 Å². The third kappa shape index (κ3) is 3.55. The van der Waals surface area contributed by atoms with E-state index in [4.69, 9.17) is 0 Å². The average Bonchev–Trinajstić information content (AvgIpc) is 2.90. The molecule has 0 aliphatic carbocycles. The first-order valence-corrected chi connectivity index (χ1v) is 7.07. The lowest BCUT2D eigenvalue weighted by Crippen LogP contribution is -2.34. The Kier molecular flexibility index (Phi) is 4.93. The normalized spacial score (nSPS) is 13.6. The van der Waals surface area contributed by atoms with Gasteiger partial charge in [0, 0.05) is 31.7 Å². The minimum Gasteiger partial charge on any atom is -0.351 e. The maximum Gasteiger partial charge on any atom is 0.251 e. The summed E-state index contributed by atoms with van der Waals surface area (Å²) in [7, 11) is 0. The van der Waals surface area contributed by atoms with Gasteiger partial charge in [-0.15, -0.1) is 0 Å². The lowest BCUT2D eigenvalue weighted by atomic mass is 10.1. The number of amides is 1. The Morgan fingerprint density at radius 2 is 2.00 bits per heavy atom. The molecule has 0 atom stereocenters. The van der Waals surface area contributed by atoms with Crippen molar-refractivity contribution >= 4 is 5.91 Å². The van der Waals surface area contributed by atoms with E-state index in [-0.39, 0.29) is 5.91 Å². The number of hydrogen-bond donors (Lipinski definition) is 2. The predicted octanol–water partition coefficient (Wildman–Crippen LogP) is 1.36. The Hall–Kier alpha value is -1.39. The van der Waals surface area contributed by atoms with Crippen LogP contribution in [0.3, 0.4) is 0 Å². The van der Waals surface area contributed by atoms with Gasteiger partial charge in [0.25, 0.3) is 5.91 Å². The highest BCUT2D eigenvalue weighted by Crippen LogP contribution is 2.16. The van der Waals surface area contributed by atoms with E-state index in [0.29, 0.717) is 6.54 Å². The first kappa shape index (κ1) is 14.0. The van der Waals surface area contributed by atoms with Crippen LogP contribution in [0.15, 0.2) is 18.2 Å². The second-order valence-electron chi connectivity index (χ2n) is 4.87. The van der Waals surface area contributed by atoms with E-state index in [9.17, 15) is 4.79 Å². The molecule has 0 unspecified atom stereocenters. The van der Waals surface area contributed by atoms with Gasteiger partial charge in [-0.1, -0.05) is 19.9 Å². The van der Waals surface area contributed by atoms with Gasteiger partial charge in [-0.25, -0.2) is 0 Å². The minimum atomic E-state index is 0.0295. The van der Waals surface area contributed by atoms with Gasteiger partial charge >= 0.3 is 0 Å². The van der Waals surface area contributed by atoms with Gasteiger partial charge in [0.15, 0.2) is 0 Å². The SMILES string of the molecule is CCN(CC)CCNC(=O)c1ccc2c(c1)CNC2. The van der Waals surface area contributed by atoms with Crippen molar-refractivity contribution in [1.82, 2.24) is 15.5 Å². The molecule has 4 heteroatoms. The average molecular weight is 261 g/mol. The van der Waals surface area contributed by atoms with Crippen LogP contribution in [0.2, 0.25) is 0 Å². The Labute approximate surface area is 115 Å². The number of benzene rings is 1. The highest BCUT2D eigenvalue weighted by Gasteiger charge is 2.13. The molecule has 0 spiro atoms. The number of likely N-dealkylation sites (N-methyl/N-ethyl adjacent to an activating group) is 1. The summed E-state index contributed by atoms with van der Waals surface area (Å²) in [5.74, 6) is 0.0295. The van der Waals surface area contributed by atoms with Crippen molar-refractivity contribution in [2.45, 2.75) is 26.9 Å². The van der Waals surface area contributed by atoms with Gasteiger partial charge in [0.2, 0.25) is 0 Å². The zero-order chi connectivity index (χ0) is 13.7. The van der Waals surface area contributed by atoms with Crippen LogP contribution in [-0.2, 0) is 13.1 Å². The molecule has 0 bridgehead atoms. The molecule has 1 aliphatic rings. The maximum absolute atomic E-state index is 12.1. The lowest BCUT2D eigenvalue weighted by molar-refractivity contribution is 0.0949. The lowest BCUT2D eigenvalue weighted by Gasteiger charge is -2.18. The van der Waals surface area contributed by atoms with Crippen LogP contribution in [-0.4, -0.2) is 37.0 Å². The van der Waals surface area contributed by atoms with E-state index < -0.39 is 0 Å². The number of nitrogens with one attached hydrogen (secondary N) is 2. The Bertz CT molecular complexity index is 441. The summed E-state index contributed by atoms with van der Waals surface area (Å²) in [5.41, 5.74) is 3.32. The molecule has 1 aliphatic heterocycles. The monoisotopic (exact) mass is 261 g/mol. The van der Waals surface area contributed by atoms with E-state index >= 15 is 0 Å². The van der Waals surface area contributed by atoms with Gasteiger partial charge in [0.1, 0.15) is 0 Å².